The summed E-state index contributed by atoms with van der Waals surface area (Å²) < 4.78 is 0. The molecule has 1 saturated carbocycles. The van der Waals surface area contributed by atoms with Crippen molar-refractivity contribution >= 4 is 11.6 Å². The molecule has 1 N–H and O–H groups in total. The third-order valence-electron chi connectivity index (χ3n) is 4.43. The minimum absolute atomic E-state index is 0.621. The molecule has 1 aromatic rings. The van der Waals surface area contributed by atoms with Gasteiger partial charge in [0.25, 0.3) is 0 Å². The van der Waals surface area contributed by atoms with Gasteiger partial charge in [-0.2, -0.15) is 0 Å². The van der Waals surface area contributed by atoms with Crippen LogP contribution in [-0.4, -0.2) is 35.1 Å². The zero-order valence-corrected chi connectivity index (χ0v) is 12.2. The van der Waals surface area contributed by atoms with Crippen molar-refractivity contribution in [3.8, 4) is 0 Å². The molecule has 2 heterocycles. The summed E-state index contributed by atoms with van der Waals surface area (Å²) >= 11 is 6.25. The number of nitrogens with zero attached hydrogens (tertiary/aromatic N) is 2. The number of piperazine rings is 1. The van der Waals surface area contributed by atoms with Crippen molar-refractivity contribution in [2.75, 3.05) is 13.1 Å². The van der Waals surface area contributed by atoms with E-state index in [1.807, 2.05) is 6.20 Å². The molecule has 1 aromatic heterocycles. The monoisotopic (exact) mass is 279 g/mol. The molecule has 2 fully saturated rings. The first kappa shape index (κ1) is 13.3. The van der Waals surface area contributed by atoms with Crippen LogP contribution >= 0.6 is 11.6 Å². The quantitative estimate of drug-likeness (QED) is 0.919. The number of nitrogens with one attached hydrogen (secondary N) is 1. The Morgan fingerprint density at radius 2 is 2.32 bits per heavy atom. The third-order valence-corrected chi connectivity index (χ3v) is 4.77. The van der Waals surface area contributed by atoms with Gasteiger partial charge in [0, 0.05) is 44.1 Å². The molecule has 0 bridgehead atoms. The van der Waals surface area contributed by atoms with E-state index in [4.69, 9.17) is 11.6 Å². The molecule has 1 saturated heterocycles. The number of hydrogen-bond acceptors (Lipinski definition) is 3. The van der Waals surface area contributed by atoms with Crippen LogP contribution < -0.4 is 5.32 Å². The molecule has 0 amide bonds. The molecule has 3 nitrogen and oxygen atoms in total. The zero-order valence-electron chi connectivity index (χ0n) is 11.5. The van der Waals surface area contributed by atoms with Gasteiger partial charge in [-0.25, -0.2) is 0 Å². The maximum Gasteiger partial charge on any atom is 0.0634 e. The van der Waals surface area contributed by atoms with Crippen molar-refractivity contribution in [3.63, 3.8) is 0 Å². The van der Waals surface area contributed by atoms with Crippen LogP contribution in [0.3, 0.4) is 0 Å². The smallest absolute Gasteiger partial charge is 0.0634 e. The van der Waals surface area contributed by atoms with Gasteiger partial charge in [0.1, 0.15) is 0 Å². The van der Waals surface area contributed by atoms with Crippen molar-refractivity contribution in [3.05, 3.63) is 29.0 Å². The lowest BCUT2D eigenvalue weighted by Crippen LogP contribution is -2.56. The second-order valence-electron chi connectivity index (χ2n) is 5.81. The molecule has 1 aliphatic carbocycles. The molecule has 0 radical (unpaired) electrons. The van der Waals surface area contributed by atoms with Crippen LogP contribution in [0.25, 0.3) is 0 Å². The molecular formula is C15H22ClN3. The fraction of sp³-hybridized carbons (Fsp3) is 0.667. The van der Waals surface area contributed by atoms with Crippen LogP contribution in [0.4, 0.5) is 0 Å². The van der Waals surface area contributed by atoms with Crippen molar-refractivity contribution in [2.45, 2.75) is 44.8 Å². The van der Waals surface area contributed by atoms with Crippen LogP contribution in [0.1, 0.15) is 31.7 Å². The molecule has 104 valence electrons. The fourth-order valence-electron chi connectivity index (χ4n) is 3.05. The molecule has 2 atom stereocenters. The van der Waals surface area contributed by atoms with E-state index in [2.05, 4.69) is 28.2 Å². The van der Waals surface area contributed by atoms with E-state index in [-0.39, 0.29) is 0 Å². The number of pyridine rings is 1. The maximum absolute atomic E-state index is 6.25. The van der Waals surface area contributed by atoms with Gasteiger partial charge >= 0.3 is 0 Å². The minimum Gasteiger partial charge on any atom is -0.311 e. The summed E-state index contributed by atoms with van der Waals surface area (Å²) in [5, 5.41) is 4.48. The van der Waals surface area contributed by atoms with E-state index < -0.39 is 0 Å². The average molecular weight is 280 g/mol. The van der Waals surface area contributed by atoms with Crippen molar-refractivity contribution in [2.24, 2.45) is 5.92 Å². The molecule has 1 aliphatic heterocycles. The van der Waals surface area contributed by atoms with E-state index in [9.17, 15) is 0 Å². The highest BCUT2D eigenvalue weighted by molar-refractivity contribution is 6.31. The Bertz CT molecular complexity index is 433. The summed E-state index contributed by atoms with van der Waals surface area (Å²) in [6.07, 6.45) is 7.57. The van der Waals surface area contributed by atoms with E-state index in [1.165, 1.54) is 24.8 Å². The minimum atomic E-state index is 0.621. The lowest BCUT2D eigenvalue weighted by Gasteiger charge is -2.40. The summed E-state index contributed by atoms with van der Waals surface area (Å²) in [5.74, 6) is 0.894. The van der Waals surface area contributed by atoms with E-state index in [0.717, 1.165) is 30.6 Å². The Morgan fingerprint density at radius 3 is 3.00 bits per heavy atom. The van der Waals surface area contributed by atoms with Gasteiger partial charge in [-0.3, -0.25) is 9.88 Å². The van der Waals surface area contributed by atoms with Crippen LogP contribution in [0.2, 0.25) is 5.02 Å². The predicted octanol–water partition coefficient (Wildman–Crippen LogP) is 2.70. The van der Waals surface area contributed by atoms with Crippen LogP contribution in [0, 0.1) is 5.92 Å². The van der Waals surface area contributed by atoms with E-state index >= 15 is 0 Å². The number of halogens is 1. The molecule has 3 rings (SSSR count). The molecule has 4 heteroatoms. The molecule has 2 unspecified atom stereocenters. The summed E-state index contributed by atoms with van der Waals surface area (Å²) in [6.45, 7) is 5.48. The highest BCUT2D eigenvalue weighted by Gasteiger charge is 2.38. The van der Waals surface area contributed by atoms with Crippen molar-refractivity contribution in [1.82, 2.24) is 15.2 Å². The van der Waals surface area contributed by atoms with E-state index in [1.54, 1.807) is 6.20 Å². The molecule has 0 aromatic carbocycles. The van der Waals surface area contributed by atoms with Crippen molar-refractivity contribution < 1.29 is 0 Å². The second kappa shape index (κ2) is 5.78. The van der Waals surface area contributed by atoms with Gasteiger partial charge in [-0.05, 0) is 36.8 Å². The van der Waals surface area contributed by atoms with Gasteiger partial charge in [0.05, 0.1) is 5.02 Å². The second-order valence-corrected chi connectivity index (χ2v) is 6.22. The summed E-state index contributed by atoms with van der Waals surface area (Å²) in [5.41, 5.74) is 1.21. The van der Waals surface area contributed by atoms with E-state index in [0.29, 0.717) is 12.1 Å². The average Bonchev–Trinajstić information content (AvgIpc) is 3.26. The number of aromatic nitrogens is 1. The lowest BCUT2D eigenvalue weighted by atomic mass is 10.0. The summed E-state index contributed by atoms with van der Waals surface area (Å²) in [6, 6.07) is 3.36. The molecule has 0 spiro atoms. The number of rotatable bonds is 4. The van der Waals surface area contributed by atoms with Crippen LogP contribution in [0.15, 0.2) is 18.5 Å². The Kier molecular flexibility index (Phi) is 4.06. The SMILES string of the molecule is CCC1CN(Cc2ccncc2Cl)C(C2CC2)CN1. The highest BCUT2D eigenvalue weighted by Crippen LogP contribution is 2.37. The fourth-order valence-corrected chi connectivity index (χ4v) is 3.23. The summed E-state index contributed by atoms with van der Waals surface area (Å²) in [4.78, 5) is 6.70. The normalized spacial score (nSPS) is 28.5. The van der Waals surface area contributed by atoms with Gasteiger partial charge in [-0.1, -0.05) is 18.5 Å². The molecular weight excluding hydrogens is 258 g/mol. The predicted molar refractivity (Wildman–Crippen MR) is 78.3 cm³/mol. The van der Waals surface area contributed by atoms with Gasteiger partial charge < -0.3 is 5.32 Å². The topological polar surface area (TPSA) is 28.2 Å². The molecule has 19 heavy (non-hydrogen) atoms. The third kappa shape index (κ3) is 3.10. The first-order chi connectivity index (χ1) is 9.28. The molecule has 2 aliphatic rings. The number of hydrogen-bond donors (Lipinski definition) is 1. The Labute approximate surface area is 120 Å². The Morgan fingerprint density at radius 1 is 1.47 bits per heavy atom. The largest absolute Gasteiger partial charge is 0.311 e. The van der Waals surface area contributed by atoms with Gasteiger partial charge in [0.15, 0.2) is 0 Å². The maximum atomic E-state index is 6.25. The van der Waals surface area contributed by atoms with Crippen LogP contribution in [-0.2, 0) is 6.54 Å². The van der Waals surface area contributed by atoms with Crippen LogP contribution in [0.5, 0.6) is 0 Å². The standard InChI is InChI=1S/C15H22ClN3/c1-2-13-10-19(15(8-18-13)11-3-4-11)9-12-5-6-17-7-14(12)16/h5-7,11,13,15,18H,2-4,8-10H2,1H3. The lowest BCUT2D eigenvalue weighted by molar-refractivity contribution is 0.106. The van der Waals surface area contributed by atoms with Gasteiger partial charge in [-0.15, -0.1) is 0 Å². The Balaban J connectivity index is 1.73. The highest BCUT2D eigenvalue weighted by atomic mass is 35.5. The first-order valence-electron chi connectivity index (χ1n) is 7.33. The van der Waals surface area contributed by atoms with Crippen molar-refractivity contribution in [1.29, 1.82) is 0 Å². The Hall–Kier alpha value is -0.640. The zero-order chi connectivity index (χ0) is 13.2. The summed E-state index contributed by atoms with van der Waals surface area (Å²) in [7, 11) is 0. The van der Waals surface area contributed by atoms with Gasteiger partial charge in [0.2, 0.25) is 0 Å². The first-order valence-corrected chi connectivity index (χ1v) is 7.71.